The van der Waals surface area contributed by atoms with Gasteiger partial charge < -0.3 is 5.32 Å². The molecular formula is C10H14N4OS. The van der Waals surface area contributed by atoms with E-state index in [-0.39, 0.29) is 11.4 Å². The molecule has 0 aliphatic carbocycles. The second-order valence-electron chi connectivity index (χ2n) is 4.30. The lowest BCUT2D eigenvalue weighted by atomic mass is 9.90. The van der Waals surface area contributed by atoms with E-state index in [0.717, 1.165) is 11.5 Å². The summed E-state index contributed by atoms with van der Waals surface area (Å²) in [5.74, 6) is 0. The molecule has 86 valence electrons. The van der Waals surface area contributed by atoms with Crippen LogP contribution in [0.5, 0.6) is 0 Å². The number of anilines is 1. The van der Waals surface area contributed by atoms with Crippen LogP contribution in [0.3, 0.4) is 0 Å². The average molecular weight is 238 g/mol. The molecule has 1 aromatic rings. The van der Waals surface area contributed by atoms with Crippen LogP contribution in [0.4, 0.5) is 9.80 Å². The fraction of sp³-hybridized carbons (Fsp3) is 0.500. The molecule has 1 aromatic heterocycles. The number of carbonyl (C=O) groups is 1. The van der Waals surface area contributed by atoms with Crippen molar-refractivity contribution in [2.24, 2.45) is 0 Å². The molecule has 5 nitrogen and oxygen atoms in total. The van der Waals surface area contributed by atoms with Gasteiger partial charge in [0.1, 0.15) is 16.6 Å². The van der Waals surface area contributed by atoms with Crippen LogP contribution in [0.2, 0.25) is 0 Å². The number of aromatic nitrogens is 1. The van der Waals surface area contributed by atoms with E-state index in [0.29, 0.717) is 16.3 Å². The fourth-order valence-corrected chi connectivity index (χ4v) is 2.08. The number of hydrogen-bond donors (Lipinski definition) is 2. The van der Waals surface area contributed by atoms with Crippen LogP contribution in [0.15, 0.2) is 0 Å². The van der Waals surface area contributed by atoms with Gasteiger partial charge in [0, 0.05) is 12.5 Å². The second-order valence-corrected chi connectivity index (χ2v) is 5.07. The Morgan fingerprint density at radius 3 is 2.56 bits per heavy atom. The maximum Gasteiger partial charge on any atom is 0.319 e. The SMILES string of the molecule is CNC(=O)Nc1snc(C(C)(C)C)c1C#N. The first-order chi connectivity index (χ1) is 7.40. The molecular weight excluding hydrogens is 224 g/mol. The Balaban J connectivity index is 3.11. The Kier molecular flexibility index (Phi) is 3.50. The van der Waals surface area contributed by atoms with E-state index in [4.69, 9.17) is 5.26 Å². The third kappa shape index (κ3) is 2.49. The minimum Gasteiger partial charge on any atom is -0.341 e. The topological polar surface area (TPSA) is 77.8 Å². The highest BCUT2D eigenvalue weighted by Crippen LogP contribution is 2.32. The molecule has 16 heavy (non-hydrogen) atoms. The van der Waals surface area contributed by atoms with Crippen LogP contribution in [0.1, 0.15) is 32.0 Å². The summed E-state index contributed by atoms with van der Waals surface area (Å²) in [4.78, 5) is 11.2. The summed E-state index contributed by atoms with van der Waals surface area (Å²) >= 11 is 1.13. The Morgan fingerprint density at radius 2 is 2.12 bits per heavy atom. The summed E-state index contributed by atoms with van der Waals surface area (Å²) in [6, 6.07) is 1.74. The zero-order chi connectivity index (χ0) is 12.3. The van der Waals surface area contributed by atoms with Crippen molar-refractivity contribution in [1.29, 1.82) is 5.26 Å². The fourth-order valence-electron chi connectivity index (χ4n) is 1.16. The first kappa shape index (κ1) is 12.5. The normalized spacial score (nSPS) is 10.7. The molecule has 0 fully saturated rings. The molecule has 1 heterocycles. The molecule has 0 aromatic carbocycles. The van der Waals surface area contributed by atoms with Crippen LogP contribution >= 0.6 is 11.5 Å². The van der Waals surface area contributed by atoms with Crippen LogP contribution in [0, 0.1) is 11.3 Å². The Labute approximate surface area is 98.6 Å². The number of nitrogens with one attached hydrogen (secondary N) is 2. The Hall–Kier alpha value is -1.61. The van der Waals surface area contributed by atoms with Crippen LogP contribution in [-0.4, -0.2) is 17.5 Å². The summed E-state index contributed by atoms with van der Waals surface area (Å²) in [6.07, 6.45) is 0. The highest BCUT2D eigenvalue weighted by atomic mass is 32.1. The molecule has 2 amide bonds. The molecule has 0 aliphatic rings. The van der Waals surface area contributed by atoms with E-state index in [2.05, 4.69) is 21.1 Å². The molecule has 0 aliphatic heterocycles. The van der Waals surface area contributed by atoms with Gasteiger partial charge >= 0.3 is 6.03 Å². The molecule has 0 saturated heterocycles. The van der Waals surface area contributed by atoms with E-state index in [1.165, 1.54) is 7.05 Å². The zero-order valence-electron chi connectivity index (χ0n) is 9.71. The average Bonchev–Trinajstić information content (AvgIpc) is 2.60. The summed E-state index contributed by atoms with van der Waals surface area (Å²) in [6.45, 7) is 5.94. The van der Waals surface area contributed by atoms with Gasteiger partial charge in [-0.3, -0.25) is 5.32 Å². The minimum atomic E-state index is -0.347. The summed E-state index contributed by atoms with van der Waals surface area (Å²) in [5, 5.41) is 14.6. The molecule has 0 radical (unpaired) electrons. The third-order valence-electron chi connectivity index (χ3n) is 1.97. The van der Waals surface area contributed by atoms with Crippen molar-refractivity contribution < 1.29 is 4.79 Å². The number of nitriles is 1. The monoisotopic (exact) mass is 238 g/mol. The van der Waals surface area contributed by atoms with Gasteiger partial charge in [0.15, 0.2) is 0 Å². The molecule has 0 saturated carbocycles. The first-order valence-electron chi connectivity index (χ1n) is 4.79. The first-order valence-corrected chi connectivity index (χ1v) is 5.56. The number of hydrogen-bond acceptors (Lipinski definition) is 4. The number of rotatable bonds is 1. The maximum atomic E-state index is 11.2. The van der Waals surface area contributed by atoms with Crippen molar-refractivity contribution in [1.82, 2.24) is 9.69 Å². The smallest absolute Gasteiger partial charge is 0.319 e. The highest BCUT2D eigenvalue weighted by Gasteiger charge is 2.25. The molecule has 2 N–H and O–H groups in total. The van der Waals surface area contributed by atoms with Crippen molar-refractivity contribution in [2.45, 2.75) is 26.2 Å². The van der Waals surface area contributed by atoms with Gasteiger partial charge in [-0.25, -0.2) is 4.79 Å². The van der Waals surface area contributed by atoms with Crippen molar-refractivity contribution in [3.63, 3.8) is 0 Å². The van der Waals surface area contributed by atoms with Crippen LogP contribution in [-0.2, 0) is 5.41 Å². The van der Waals surface area contributed by atoms with Crippen molar-refractivity contribution in [2.75, 3.05) is 12.4 Å². The van der Waals surface area contributed by atoms with E-state index < -0.39 is 0 Å². The molecule has 0 atom stereocenters. The number of carbonyl (C=O) groups excluding carboxylic acids is 1. The molecule has 6 heteroatoms. The van der Waals surface area contributed by atoms with Gasteiger partial charge in [-0.1, -0.05) is 20.8 Å². The summed E-state index contributed by atoms with van der Waals surface area (Å²) in [5.41, 5.74) is 0.956. The van der Waals surface area contributed by atoms with Gasteiger partial charge in [-0.05, 0) is 11.5 Å². The van der Waals surface area contributed by atoms with Crippen molar-refractivity contribution in [3.8, 4) is 6.07 Å². The largest absolute Gasteiger partial charge is 0.341 e. The third-order valence-corrected chi connectivity index (χ3v) is 2.73. The number of amides is 2. The Morgan fingerprint density at radius 1 is 1.50 bits per heavy atom. The lowest BCUT2D eigenvalue weighted by molar-refractivity contribution is 0.254. The molecule has 0 bridgehead atoms. The predicted molar refractivity (Wildman–Crippen MR) is 63.6 cm³/mol. The summed E-state index contributed by atoms with van der Waals surface area (Å²) < 4.78 is 4.22. The zero-order valence-corrected chi connectivity index (χ0v) is 10.5. The Bertz CT molecular complexity index is 439. The van der Waals surface area contributed by atoms with Gasteiger partial charge in [-0.2, -0.15) is 9.64 Å². The van der Waals surface area contributed by atoms with Gasteiger partial charge in [0.25, 0.3) is 0 Å². The van der Waals surface area contributed by atoms with Gasteiger partial charge in [0.05, 0.1) is 5.69 Å². The standard InChI is InChI=1S/C10H14N4OS/c1-10(2,3)7-6(5-11)8(16-14-7)13-9(15)12-4/h1-4H3,(H2,12,13,15). The highest BCUT2D eigenvalue weighted by molar-refractivity contribution is 7.10. The minimum absolute atomic E-state index is 0.204. The van der Waals surface area contributed by atoms with Gasteiger partial charge in [-0.15, -0.1) is 0 Å². The number of nitrogens with zero attached hydrogens (tertiary/aromatic N) is 2. The molecule has 0 spiro atoms. The van der Waals surface area contributed by atoms with Crippen LogP contribution < -0.4 is 10.6 Å². The van der Waals surface area contributed by atoms with Crippen molar-refractivity contribution >= 4 is 22.6 Å². The quantitative estimate of drug-likeness (QED) is 0.786. The van der Waals surface area contributed by atoms with E-state index in [9.17, 15) is 4.79 Å². The van der Waals surface area contributed by atoms with E-state index >= 15 is 0 Å². The van der Waals surface area contributed by atoms with Crippen LogP contribution in [0.25, 0.3) is 0 Å². The number of urea groups is 1. The lowest BCUT2D eigenvalue weighted by Crippen LogP contribution is -2.24. The second kappa shape index (κ2) is 4.49. The van der Waals surface area contributed by atoms with E-state index in [1.807, 2.05) is 20.8 Å². The van der Waals surface area contributed by atoms with E-state index in [1.54, 1.807) is 0 Å². The lowest BCUT2D eigenvalue weighted by Gasteiger charge is -2.15. The maximum absolute atomic E-state index is 11.2. The molecule has 0 unspecified atom stereocenters. The van der Waals surface area contributed by atoms with Crippen molar-refractivity contribution in [3.05, 3.63) is 11.3 Å². The molecule has 1 rings (SSSR count). The van der Waals surface area contributed by atoms with Gasteiger partial charge in [0.2, 0.25) is 0 Å². The predicted octanol–water partition coefficient (Wildman–Crippen LogP) is 2.06. The summed E-state index contributed by atoms with van der Waals surface area (Å²) in [7, 11) is 1.52.